The zero-order valence-corrected chi connectivity index (χ0v) is 13.9. The first-order valence-corrected chi connectivity index (χ1v) is 8.08. The van der Waals surface area contributed by atoms with Crippen molar-refractivity contribution in [3.63, 3.8) is 0 Å². The van der Waals surface area contributed by atoms with Crippen molar-refractivity contribution in [2.24, 2.45) is 5.92 Å². The number of nitrogens with zero attached hydrogens (tertiary/aromatic N) is 5. The molecule has 0 saturated carbocycles. The van der Waals surface area contributed by atoms with E-state index >= 15 is 0 Å². The van der Waals surface area contributed by atoms with Crippen LogP contribution in [-0.2, 0) is 13.1 Å². The minimum absolute atomic E-state index is 0.676. The molecule has 0 aliphatic carbocycles. The number of likely N-dealkylation sites (tertiary alicyclic amines) is 1. The second-order valence-corrected chi connectivity index (χ2v) is 6.42. The van der Waals surface area contributed by atoms with Gasteiger partial charge in [-0.25, -0.2) is 0 Å². The van der Waals surface area contributed by atoms with Gasteiger partial charge in [0.15, 0.2) is 0 Å². The summed E-state index contributed by atoms with van der Waals surface area (Å²) in [5, 5.41) is 11.8. The van der Waals surface area contributed by atoms with E-state index in [9.17, 15) is 0 Å². The molecule has 2 unspecified atom stereocenters. The van der Waals surface area contributed by atoms with Crippen molar-refractivity contribution < 1.29 is 0 Å². The van der Waals surface area contributed by atoms with Gasteiger partial charge in [0, 0.05) is 38.4 Å². The van der Waals surface area contributed by atoms with Crippen molar-refractivity contribution in [2.75, 3.05) is 40.3 Å². The molecular weight excluding hydrogens is 264 g/mol. The van der Waals surface area contributed by atoms with Crippen molar-refractivity contribution in [3.8, 4) is 0 Å². The van der Waals surface area contributed by atoms with E-state index < -0.39 is 0 Å². The summed E-state index contributed by atoms with van der Waals surface area (Å²) in [5.74, 6) is 0.740. The van der Waals surface area contributed by atoms with Crippen LogP contribution in [0, 0.1) is 5.92 Å². The lowest BCUT2D eigenvalue weighted by molar-refractivity contribution is 0.248. The first-order chi connectivity index (χ1) is 10.1. The zero-order valence-electron chi connectivity index (χ0n) is 13.9. The minimum atomic E-state index is 0.676. The molecule has 1 aromatic heterocycles. The molecule has 1 aliphatic rings. The Morgan fingerprint density at radius 1 is 1.33 bits per heavy atom. The Morgan fingerprint density at radius 3 is 2.81 bits per heavy atom. The lowest BCUT2D eigenvalue weighted by Crippen LogP contribution is -2.34. The molecule has 0 bridgehead atoms. The Bertz CT molecular complexity index is 416. The molecule has 6 heteroatoms. The third-order valence-corrected chi connectivity index (χ3v) is 4.28. The van der Waals surface area contributed by atoms with Gasteiger partial charge in [-0.05, 0) is 33.0 Å². The molecule has 2 heterocycles. The monoisotopic (exact) mass is 294 g/mol. The van der Waals surface area contributed by atoms with Gasteiger partial charge in [-0.3, -0.25) is 9.58 Å². The number of rotatable bonds is 8. The fourth-order valence-corrected chi connectivity index (χ4v) is 3.07. The van der Waals surface area contributed by atoms with Crippen LogP contribution in [0.4, 0.5) is 0 Å². The van der Waals surface area contributed by atoms with E-state index in [-0.39, 0.29) is 0 Å². The number of hydrogen-bond acceptors (Lipinski definition) is 5. The standard InChI is InChI=1S/C15H30N6/c1-5-6-16-9-14-11-21(18-17-14)8-7-20-10-13(2)15(12-20)19(3)4/h11,13,15-16H,5-10,12H2,1-4H3. The Labute approximate surface area is 128 Å². The van der Waals surface area contributed by atoms with Crippen LogP contribution in [0.25, 0.3) is 0 Å². The van der Waals surface area contributed by atoms with Crippen LogP contribution in [0.1, 0.15) is 26.0 Å². The molecule has 6 nitrogen and oxygen atoms in total. The number of hydrogen-bond donors (Lipinski definition) is 1. The van der Waals surface area contributed by atoms with Gasteiger partial charge < -0.3 is 10.2 Å². The Kier molecular flexibility index (Phi) is 6.14. The molecule has 2 atom stereocenters. The minimum Gasteiger partial charge on any atom is -0.311 e. The van der Waals surface area contributed by atoms with Crippen molar-refractivity contribution in [1.82, 2.24) is 30.1 Å². The van der Waals surface area contributed by atoms with Gasteiger partial charge in [0.2, 0.25) is 0 Å². The number of likely N-dealkylation sites (N-methyl/N-ethyl adjacent to an activating group) is 1. The van der Waals surface area contributed by atoms with Gasteiger partial charge in [-0.1, -0.05) is 19.1 Å². The van der Waals surface area contributed by atoms with Crippen LogP contribution in [0.2, 0.25) is 0 Å². The number of nitrogens with one attached hydrogen (secondary N) is 1. The van der Waals surface area contributed by atoms with E-state index in [1.807, 2.05) is 4.68 Å². The van der Waals surface area contributed by atoms with E-state index in [4.69, 9.17) is 0 Å². The molecule has 21 heavy (non-hydrogen) atoms. The molecule has 120 valence electrons. The molecule has 1 saturated heterocycles. The maximum absolute atomic E-state index is 4.22. The van der Waals surface area contributed by atoms with Crippen LogP contribution in [0.5, 0.6) is 0 Å². The summed E-state index contributed by atoms with van der Waals surface area (Å²) >= 11 is 0. The van der Waals surface area contributed by atoms with Gasteiger partial charge in [0.1, 0.15) is 0 Å². The Balaban J connectivity index is 1.74. The number of aromatic nitrogens is 3. The molecule has 1 N–H and O–H groups in total. The van der Waals surface area contributed by atoms with Gasteiger partial charge in [-0.15, -0.1) is 5.10 Å². The molecule has 0 radical (unpaired) electrons. The second kappa shape index (κ2) is 7.87. The van der Waals surface area contributed by atoms with E-state index in [2.05, 4.69) is 59.6 Å². The van der Waals surface area contributed by atoms with Crippen LogP contribution >= 0.6 is 0 Å². The van der Waals surface area contributed by atoms with E-state index in [1.54, 1.807) is 0 Å². The highest BCUT2D eigenvalue weighted by Crippen LogP contribution is 2.19. The lowest BCUT2D eigenvalue weighted by atomic mass is 10.1. The molecule has 0 amide bonds. The predicted molar refractivity (Wildman–Crippen MR) is 85.1 cm³/mol. The molecular formula is C15H30N6. The van der Waals surface area contributed by atoms with Gasteiger partial charge >= 0.3 is 0 Å². The fraction of sp³-hybridized carbons (Fsp3) is 0.867. The summed E-state index contributed by atoms with van der Waals surface area (Å²) in [6.07, 6.45) is 3.21. The van der Waals surface area contributed by atoms with E-state index in [1.165, 1.54) is 6.54 Å². The summed E-state index contributed by atoms with van der Waals surface area (Å²) in [6, 6.07) is 0.676. The summed E-state index contributed by atoms with van der Waals surface area (Å²) < 4.78 is 1.97. The summed E-state index contributed by atoms with van der Waals surface area (Å²) in [7, 11) is 4.36. The maximum Gasteiger partial charge on any atom is 0.0964 e. The SMILES string of the molecule is CCCNCc1cn(CCN2CC(C)C(N(C)C)C2)nn1. The van der Waals surface area contributed by atoms with Crippen LogP contribution in [0.15, 0.2) is 6.20 Å². The molecule has 0 aromatic carbocycles. The summed E-state index contributed by atoms with van der Waals surface area (Å²) in [6.45, 7) is 10.7. The highest BCUT2D eigenvalue weighted by molar-refractivity contribution is 4.92. The summed E-state index contributed by atoms with van der Waals surface area (Å²) in [5.41, 5.74) is 1.03. The first kappa shape index (κ1) is 16.4. The third-order valence-electron chi connectivity index (χ3n) is 4.28. The average Bonchev–Trinajstić information content (AvgIpc) is 3.03. The normalized spacial score (nSPS) is 23.3. The van der Waals surface area contributed by atoms with Crippen LogP contribution in [0.3, 0.4) is 0 Å². The van der Waals surface area contributed by atoms with Crippen LogP contribution in [-0.4, -0.2) is 71.1 Å². The van der Waals surface area contributed by atoms with Crippen molar-refractivity contribution in [3.05, 3.63) is 11.9 Å². The highest BCUT2D eigenvalue weighted by atomic mass is 15.4. The second-order valence-electron chi connectivity index (χ2n) is 6.42. The topological polar surface area (TPSA) is 49.2 Å². The Morgan fingerprint density at radius 2 is 2.14 bits per heavy atom. The van der Waals surface area contributed by atoms with Gasteiger partial charge in [0.05, 0.1) is 12.2 Å². The van der Waals surface area contributed by atoms with Crippen molar-refractivity contribution in [2.45, 2.75) is 39.4 Å². The van der Waals surface area contributed by atoms with Gasteiger partial charge in [0.25, 0.3) is 0 Å². The Hall–Kier alpha value is -0.980. The van der Waals surface area contributed by atoms with E-state index in [0.717, 1.165) is 50.8 Å². The molecule has 2 rings (SSSR count). The van der Waals surface area contributed by atoms with Gasteiger partial charge in [-0.2, -0.15) is 0 Å². The average molecular weight is 294 g/mol. The van der Waals surface area contributed by atoms with E-state index in [0.29, 0.717) is 6.04 Å². The predicted octanol–water partition coefficient (Wildman–Crippen LogP) is 0.660. The largest absolute Gasteiger partial charge is 0.311 e. The fourth-order valence-electron chi connectivity index (χ4n) is 3.07. The zero-order chi connectivity index (χ0) is 15.2. The molecule has 0 spiro atoms. The third kappa shape index (κ3) is 4.76. The molecule has 1 fully saturated rings. The first-order valence-electron chi connectivity index (χ1n) is 8.08. The maximum atomic E-state index is 4.22. The highest BCUT2D eigenvalue weighted by Gasteiger charge is 2.30. The van der Waals surface area contributed by atoms with Crippen LogP contribution < -0.4 is 5.32 Å². The quantitative estimate of drug-likeness (QED) is 0.714. The molecule has 1 aromatic rings. The smallest absolute Gasteiger partial charge is 0.0964 e. The molecule has 1 aliphatic heterocycles. The lowest BCUT2D eigenvalue weighted by Gasteiger charge is -2.22. The van der Waals surface area contributed by atoms with Crippen molar-refractivity contribution in [1.29, 1.82) is 0 Å². The summed E-state index contributed by atoms with van der Waals surface area (Å²) in [4.78, 5) is 4.88. The van der Waals surface area contributed by atoms with Crippen molar-refractivity contribution >= 4 is 0 Å².